The van der Waals surface area contributed by atoms with Crippen molar-refractivity contribution in [3.63, 3.8) is 0 Å². The van der Waals surface area contributed by atoms with E-state index in [2.05, 4.69) is 24.1 Å². The van der Waals surface area contributed by atoms with Crippen LogP contribution in [0.1, 0.15) is 58.2 Å². The summed E-state index contributed by atoms with van der Waals surface area (Å²) in [6, 6.07) is 6.71. The van der Waals surface area contributed by atoms with Gasteiger partial charge in [0.05, 0.1) is 28.2 Å². The molecule has 1 aromatic carbocycles. The second kappa shape index (κ2) is 11.9. The Bertz CT molecular complexity index is 1030. The van der Waals surface area contributed by atoms with Crippen LogP contribution in [0, 0.1) is 18.8 Å². The predicted molar refractivity (Wildman–Crippen MR) is 138 cm³/mol. The zero-order valence-electron chi connectivity index (χ0n) is 21.3. The van der Waals surface area contributed by atoms with Crippen LogP contribution in [-0.2, 0) is 20.8 Å². The van der Waals surface area contributed by atoms with Gasteiger partial charge in [0.25, 0.3) is 0 Å². The maximum atomic E-state index is 13.1. The average Bonchev–Trinajstić information content (AvgIpc) is 3.42. The number of hydrogen-bond donors (Lipinski definition) is 2. The first kappa shape index (κ1) is 27.0. The minimum absolute atomic E-state index is 0.0658. The average molecular weight is 500 g/mol. The number of ketones is 1. The molecular weight excluding hydrogens is 462 g/mol. The molecule has 35 heavy (non-hydrogen) atoms. The molecule has 1 fully saturated rings. The van der Waals surface area contributed by atoms with E-state index >= 15 is 0 Å². The quantitative estimate of drug-likeness (QED) is 0.518. The molecule has 2 N–H and O–H groups in total. The lowest BCUT2D eigenvalue weighted by molar-refractivity contribution is -0.141. The molecule has 1 aromatic heterocycles. The summed E-state index contributed by atoms with van der Waals surface area (Å²) in [7, 11) is 0. The fourth-order valence-corrected chi connectivity index (χ4v) is 5.49. The summed E-state index contributed by atoms with van der Waals surface area (Å²) in [6.07, 6.45) is 1.08. The van der Waals surface area contributed by atoms with E-state index in [0.717, 1.165) is 28.1 Å². The number of carbonyl (C=O) groups is 3. The summed E-state index contributed by atoms with van der Waals surface area (Å²) < 4.78 is 0. The van der Waals surface area contributed by atoms with Gasteiger partial charge in [-0.2, -0.15) is 0 Å². The van der Waals surface area contributed by atoms with Gasteiger partial charge in [0.15, 0.2) is 5.78 Å². The van der Waals surface area contributed by atoms with Crippen LogP contribution in [-0.4, -0.2) is 57.3 Å². The van der Waals surface area contributed by atoms with Crippen molar-refractivity contribution < 1.29 is 19.5 Å². The molecule has 1 saturated heterocycles. The topological polar surface area (TPSA) is 99.6 Å². The Morgan fingerprint density at radius 1 is 1.17 bits per heavy atom. The van der Waals surface area contributed by atoms with E-state index in [-0.39, 0.29) is 42.9 Å². The van der Waals surface area contributed by atoms with E-state index < -0.39 is 18.2 Å². The number of carbonyl (C=O) groups excluding carboxylic acids is 3. The molecule has 0 radical (unpaired) electrons. The number of aliphatic hydroxyl groups excluding tert-OH is 1. The fraction of sp³-hybridized carbons (Fsp3) is 0.556. The maximum absolute atomic E-state index is 13.1. The highest BCUT2D eigenvalue weighted by Crippen LogP contribution is 2.28. The van der Waals surface area contributed by atoms with Crippen molar-refractivity contribution >= 4 is 28.9 Å². The highest BCUT2D eigenvalue weighted by molar-refractivity contribution is 7.13. The van der Waals surface area contributed by atoms with Crippen molar-refractivity contribution in [3.05, 3.63) is 41.0 Å². The van der Waals surface area contributed by atoms with E-state index in [1.54, 1.807) is 18.3 Å². The second-order valence-electron chi connectivity index (χ2n) is 10.1. The van der Waals surface area contributed by atoms with Crippen LogP contribution < -0.4 is 5.32 Å². The van der Waals surface area contributed by atoms with Crippen molar-refractivity contribution in [1.82, 2.24) is 15.2 Å². The van der Waals surface area contributed by atoms with E-state index in [4.69, 9.17) is 0 Å². The van der Waals surface area contributed by atoms with Crippen LogP contribution in [0.4, 0.5) is 0 Å². The number of benzene rings is 1. The van der Waals surface area contributed by atoms with Gasteiger partial charge < -0.3 is 15.3 Å². The lowest BCUT2D eigenvalue weighted by Crippen LogP contribution is -2.51. The van der Waals surface area contributed by atoms with Gasteiger partial charge in [-0.3, -0.25) is 14.4 Å². The number of amides is 2. The lowest BCUT2D eigenvalue weighted by atomic mass is 9.98. The molecule has 1 aliphatic heterocycles. The Morgan fingerprint density at radius 2 is 1.86 bits per heavy atom. The molecule has 2 heterocycles. The molecule has 0 spiro atoms. The first-order valence-electron chi connectivity index (χ1n) is 12.4. The smallest absolute Gasteiger partial charge is 0.245 e. The summed E-state index contributed by atoms with van der Waals surface area (Å²) in [5.74, 6) is -0.374. The van der Waals surface area contributed by atoms with Gasteiger partial charge >= 0.3 is 0 Å². The Labute approximate surface area is 212 Å². The molecule has 190 valence electrons. The number of thiazole rings is 1. The second-order valence-corrected chi connectivity index (χ2v) is 10.9. The molecule has 1 aliphatic rings. The number of nitrogens with zero attached hydrogens (tertiary/aromatic N) is 2. The predicted octanol–water partition coefficient (Wildman–Crippen LogP) is 3.77. The molecule has 8 heteroatoms. The molecule has 0 bridgehead atoms. The lowest BCUT2D eigenvalue weighted by Gasteiger charge is -2.27. The first-order valence-corrected chi connectivity index (χ1v) is 13.3. The minimum Gasteiger partial charge on any atom is -0.391 e. The largest absolute Gasteiger partial charge is 0.391 e. The number of aryl methyl sites for hydroxylation is 2. The van der Waals surface area contributed by atoms with Crippen molar-refractivity contribution in [2.75, 3.05) is 6.54 Å². The van der Waals surface area contributed by atoms with Gasteiger partial charge in [0, 0.05) is 25.3 Å². The molecule has 3 rings (SSSR count). The monoisotopic (exact) mass is 499 g/mol. The van der Waals surface area contributed by atoms with Crippen molar-refractivity contribution in [3.8, 4) is 10.4 Å². The number of β-amino-alcohol motifs (C(OH)–C–C–N with tert-alkyl or cyclic N) is 1. The zero-order chi connectivity index (χ0) is 25.7. The number of aliphatic hydroxyl groups is 1. The molecule has 7 nitrogen and oxygen atoms in total. The molecule has 2 aromatic rings. The van der Waals surface area contributed by atoms with Crippen LogP contribution in [0.5, 0.6) is 0 Å². The Balaban J connectivity index is 1.57. The fourth-order valence-electron chi connectivity index (χ4n) is 4.68. The van der Waals surface area contributed by atoms with E-state index in [9.17, 15) is 19.5 Å². The number of Topliss-reactive ketones (excluding diaryl/α,β-unsaturated/α-hetero) is 1. The van der Waals surface area contributed by atoms with Gasteiger partial charge in [-0.25, -0.2) is 4.98 Å². The molecule has 0 aliphatic carbocycles. The van der Waals surface area contributed by atoms with Crippen molar-refractivity contribution in [2.24, 2.45) is 11.8 Å². The van der Waals surface area contributed by atoms with Gasteiger partial charge in [-0.15, -0.1) is 11.3 Å². The normalized spacial score (nSPS) is 19.6. The van der Waals surface area contributed by atoms with Crippen LogP contribution in [0.25, 0.3) is 10.4 Å². The highest BCUT2D eigenvalue weighted by atomic mass is 32.1. The van der Waals surface area contributed by atoms with Gasteiger partial charge in [0.1, 0.15) is 6.04 Å². The van der Waals surface area contributed by atoms with Crippen molar-refractivity contribution in [2.45, 2.75) is 78.5 Å². The third-order valence-corrected chi connectivity index (χ3v) is 7.53. The number of aromatic nitrogens is 1. The third-order valence-electron chi connectivity index (χ3n) is 6.56. The summed E-state index contributed by atoms with van der Waals surface area (Å²) in [5.41, 5.74) is 4.98. The standard InChI is InChI=1S/C27H37N3O4S/c1-16(2)12-17(3)26(33)29-19(5)27(34)30-14-22(31)13-23(30)24(32)11-8-20-6-9-21(10-7-20)25-18(4)28-15-35-25/h6-7,9-10,15-17,19,22-23,31H,8,11-14H2,1-5H3,(H,29,33)/t17-,19-,22+,23-/m0/s1. The van der Waals surface area contributed by atoms with Gasteiger partial charge in [-0.1, -0.05) is 45.0 Å². The zero-order valence-corrected chi connectivity index (χ0v) is 22.1. The number of hydrogen-bond acceptors (Lipinski definition) is 6. The summed E-state index contributed by atoms with van der Waals surface area (Å²) in [5, 5.41) is 13.0. The third kappa shape index (κ3) is 6.98. The SMILES string of the molecule is Cc1ncsc1-c1ccc(CCC(=O)[C@@H]2C[C@@H](O)CN2C(=O)[C@H](C)NC(=O)[C@@H](C)CC(C)C)cc1. The van der Waals surface area contributed by atoms with E-state index in [1.165, 1.54) is 4.90 Å². The summed E-state index contributed by atoms with van der Waals surface area (Å²) >= 11 is 1.60. The number of rotatable bonds is 10. The Hall–Kier alpha value is -2.58. The van der Waals surface area contributed by atoms with Crippen LogP contribution in [0.3, 0.4) is 0 Å². The molecule has 2 amide bonds. The van der Waals surface area contributed by atoms with Gasteiger partial charge in [0.2, 0.25) is 11.8 Å². The van der Waals surface area contributed by atoms with E-state index in [0.29, 0.717) is 12.3 Å². The Kier molecular flexibility index (Phi) is 9.19. The van der Waals surface area contributed by atoms with Crippen LogP contribution in [0.15, 0.2) is 29.8 Å². The Morgan fingerprint density at radius 3 is 2.46 bits per heavy atom. The highest BCUT2D eigenvalue weighted by Gasteiger charge is 2.40. The first-order chi connectivity index (χ1) is 16.6. The molecular formula is C27H37N3O4S. The maximum Gasteiger partial charge on any atom is 0.245 e. The summed E-state index contributed by atoms with van der Waals surface area (Å²) in [6.45, 7) is 9.69. The number of nitrogens with one attached hydrogen (secondary N) is 1. The van der Waals surface area contributed by atoms with Crippen molar-refractivity contribution in [1.29, 1.82) is 0 Å². The number of likely N-dealkylation sites (tertiary alicyclic amines) is 1. The molecule has 0 unspecified atom stereocenters. The molecule has 4 atom stereocenters. The summed E-state index contributed by atoms with van der Waals surface area (Å²) in [4.78, 5) is 45.5. The van der Waals surface area contributed by atoms with Crippen LogP contribution >= 0.6 is 11.3 Å². The van der Waals surface area contributed by atoms with Crippen LogP contribution in [0.2, 0.25) is 0 Å². The minimum atomic E-state index is -0.750. The molecule has 0 saturated carbocycles. The van der Waals surface area contributed by atoms with E-state index in [1.807, 2.05) is 43.6 Å². The van der Waals surface area contributed by atoms with Gasteiger partial charge in [-0.05, 0) is 43.7 Å².